The number of para-hydroxylation sites is 1. The number of carbonyl (C=O) groups excluding carboxylic acids is 1. The van der Waals surface area contributed by atoms with Crippen molar-refractivity contribution >= 4 is 35.2 Å². The molecule has 0 aliphatic heterocycles. The zero-order valence-corrected chi connectivity index (χ0v) is 19.8. The molecule has 0 atom stereocenters. The number of nitriles is 1. The summed E-state index contributed by atoms with van der Waals surface area (Å²) in [6.07, 6.45) is 3.22. The number of nitrogens with zero attached hydrogens (tertiary/aromatic N) is 6. The van der Waals surface area contributed by atoms with Gasteiger partial charge in [-0.25, -0.2) is 4.68 Å². The molecule has 0 saturated carbocycles. The summed E-state index contributed by atoms with van der Waals surface area (Å²) in [5.74, 6) is 1.63. The molecule has 4 rings (SSSR count). The van der Waals surface area contributed by atoms with E-state index < -0.39 is 0 Å². The second-order valence-corrected chi connectivity index (χ2v) is 8.99. The van der Waals surface area contributed by atoms with Gasteiger partial charge < -0.3 is 9.88 Å². The van der Waals surface area contributed by atoms with Gasteiger partial charge in [0.2, 0.25) is 5.91 Å². The quantitative estimate of drug-likeness (QED) is 0.259. The molecule has 0 bridgehead atoms. The van der Waals surface area contributed by atoms with E-state index in [2.05, 4.69) is 45.4 Å². The molecule has 10 heteroatoms. The maximum Gasteiger partial charge on any atom is 0.236 e. The number of allylic oxidation sites excluding steroid dienone is 1. The van der Waals surface area contributed by atoms with Gasteiger partial charge in [-0.05, 0) is 24.3 Å². The maximum atomic E-state index is 12.8. The van der Waals surface area contributed by atoms with Gasteiger partial charge >= 0.3 is 0 Å². The first-order chi connectivity index (χ1) is 16.7. The van der Waals surface area contributed by atoms with Crippen LogP contribution in [0.1, 0.15) is 11.4 Å². The minimum absolute atomic E-state index is 0.103. The van der Waals surface area contributed by atoms with Gasteiger partial charge in [0.15, 0.2) is 11.0 Å². The molecular formula is C24H21N7OS2. The molecule has 0 saturated heterocycles. The van der Waals surface area contributed by atoms with Crippen LogP contribution in [0.2, 0.25) is 0 Å². The van der Waals surface area contributed by atoms with Crippen LogP contribution in [-0.4, -0.2) is 36.2 Å². The van der Waals surface area contributed by atoms with Crippen LogP contribution in [0.15, 0.2) is 89.6 Å². The van der Waals surface area contributed by atoms with Crippen molar-refractivity contribution in [3.05, 3.63) is 90.9 Å². The molecule has 34 heavy (non-hydrogen) atoms. The van der Waals surface area contributed by atoms with Gasteiger partial charge in [-0.1, -0.05) is 54.2 Å². The Morgan fingerprint density at radius 1 is 1.09 bits per heavy atom. The van der Waals surface area contributed by atoms with Crippen molar-refractivity contribution in [1.29, 1.82) is 5.26 Å². The molecule has 4 aromatic rings. The fraction of sp³-hybridized carbons (Fsp3) is 0.125. The highest BCUT2D eigenvalue weighted by Gasteiger charge is 2.17. The molecule has 2 heterocycles. The Morgan fingerprint density at radius 2 is 1.82 bits per heavy atom. The van der Waals surface area contributed by atoms with E-state index >= 15 is 0 Å². The van der Waals surface area contributed by atoms with Crippen molar-refractivity contribution < 1.29 is 4.79 Å². The van der Waals surface area contributed by atoms with E-state index in [-0.39, 0.29) is 17.2 Å². The second kappa shape index (κ2) is 11.4. The summed E-state index contributed by atoms with van der Waals surface area (Å²) in [6.45, 7) is 4.37. The molecule has 170 valence electrons. The normalized spacial score (nSPS) is 10.6. The van der Waals surface area contributed by atoms with E-state index in [0.717, 1.165) is 16.4 Å². The second-order valence-electron chi connectivity index (χ2n) is 7.00. The van der Waals surface area contributed by atoms with Gasteiger partial charge in [0.1, 0.15) is 17.5 Å². The minimum Gasteiger partial charge on any atom is -0.309 e. The van der Waals surface area contributed by atoms with Gasteiger partial charge in [0.25, 0.3) is 0 Å². The fourth-order valence-electron chi connectivity index (χ4n) is 3.12. The van der Waals surface area contributed by atoms with Crippen LogP contribution in [0, 0.1) is 11.3 Å². The number of hydrogen-bond donors (Lipinski definition) is 1. The summed E-state index contributed by atoms with van der Waals surface area (Å²) in [6, 6.07) is 21.5. The Kier molecular flexibility index (Phi) is 7.80. The third-order valence-electron chi connectivity index (χ3n) is 4.70. The fourth-order valence-corrected chi connectivity index (χ4v) is 4.75. The highest BCUT2D eigenvalue weighted by atomic mass is 32.2. The summed E-state index contributed by atoms with van der Waals surface area (Å²) in [5, 5.41) is 25.7. The van der Waals surface area contributed by atoms with Crippen molar-refractivity contribution in [3.8, 4) is 11.8 Å². The Balaban J connectivity index is 1.43. The van der Waals surface area contributed by atoms with Gasteiger partial charge in [0, 0.05) is 11.4 Å². The summed E-state index contributed by atoms with van der Waals surface area (Å²) in [5.41, 5.74) is 1.04. The molecule has 8 nitrogen and oxygen atoms in total. The number of nitrogens with one attached hydrogen (secondary N) is 1. The molecule has 1 N–H and O–H groups in total. The number of amides is 1. The monoisotopic (exact) mass is 487 g/mol. The number of thioether (sulfide) groups is 2. The molecule has 0 aliphatic carbocycles. The average molecular weight is 488 g/mol. The largest absolute Gasteiger partial charge is 0.309 e. The number of hydrogen-bond acceptors (Lipinski definition) is 7. The van der Waals surface area contributed by atoms with Crippen LogP contribution in [0.3, 0.4) is 0 Å². The third-order valence-corrected chi connectivity index (χ3v) is 6.67. The Hall–Kier alpha value is -3.81. The zero-order valence-electron chi connectivity index (χ0n) is 18.2. The number of benzene rings is 2. The lowest BCUT2D eigenvalue weighted by atomic mass is 10.3. The predicted molar refractivity (Wildman–Crippen MR) is 134 cm³/mol. The molecule has 0 aliphatic rings. The van der Waals surface area contributed by atoms with Crippen molar-refractivity contribution in [2.24, 2.45) is 0 Å². The predicted octanol–water partition coefficient (Wildman–Crippen LogP) is 4.54. The Labute approximate surface area is 205 Å². The molecule has 0 radical (unpaired) electrons. The van der Waals surface area contributed by atoms with Crippen molar-refractivity contribution in [2.75, 3.05) is 11.1 Å². The third kappa shape index (κ3) is 5.57. The van der Waals surface area contributed by atoms with E-state index in [1.54, 1.807) is 22.5 Å². The van der Waals surface area contributed by atoms with Crippen LogP contribution in [0.25, 0.3) is 5.69 Å². The van der Waals surface area contributed by atoms with Crippen molar-refractivity contribution in [2.45, 2.75) is 22.3 Å². The molecular weight excluding hydrogens is 466 g/mol. The van der Waals surface area contributed by atoms with Crippen LogP contribution in [-0.2, 0) is 17.1 Å². The number of carbonyl (C=O) groups is 1. The van der Waals surface area contributed by atoms with Crippen LogP contribution in [0.5, 0.6) is 0 Å². The Bertz CT molecular complexity index is 1310. The maximum absolute atomic E-state index is 12.8. The molecule has 1 amide bonds. The zero-order chi connectivity index (χ0) is 23.8. The average Bonchev–Trinajstić information content (AvgIpc) is 3.46. The van der Waals surface area contributed by atoms with Crippen LogP contribution in [0.4, 0.5) is 5.82 Å². The van der Waals surface area contributed by atoms with Crippen molar-refractivity contribution in [3.63, 3.8) is 0 Å². The van der Waals surface area contributed by atoms with Crippen LogP contribution < -0.4 is 5.32 Å². The number of aromatic nitrogens is 5. The minimum atomic E-state index is -0.271. The standard InChI is InChI=1S/C24H21N7OS2/c1-2-13-30-21(16-33-20-11-7-4-8-12-20)28-29-24(30)34-17-22(32)27-23-18(14-25)15-26-31(23)19-9-5-3-6-10-19/h2-12,15H,1,13,16-17H2,(H,27,32). The smallest absolute Gasteiger partial charge is 0.236 e. The summed E-state index contributed by atoms with van der Waals surface area (Å²) < 4.78 is 3.50. The highest BCUT2D eigenvalue weighted by Crippen LogP contribution is 2.25. The molecule has 0 fully saturated rings. The molecule has 2 aromatic carbocycles. The number of rotatable bonds is 10. The summed E-state index contributed by atoms with van der Waals surface area (Å²) in [4.78, 5) is 13.9. The molecule has 0 spiro atoms. The Morgan fingerprint density at radius 3 is 2.53 bits per heavy atom. The lowest BCUT2D eigenvalue weighted by Crippen LogP contribution is -2.18. The molecule has 0 unspecified atom stereocenters. The van der Waals surface area contributed by atoms with Gasteiger partial charge in [-0.15, -0.1) is 28.5 Å². The first-order valence-corrected chi connectivity index (χ1v) is 12.3. The topological polar surface area (TPSA) is 101 Å². The van der Waals surface area contributed by atoms with E-state index in [1.807, 2.05) is 53.1 Å². The van der Waals surface area contributed by atoms with E-state index in [1.165, 1.54) is 18.0 Å². The van der Waals surface area contributed by atoms with Crippen molar-refractivity contribution in [1.82, 2.24) is 24.5 Å². The number of anilines is 1. The van der Waals surface area contributed by atoms with Gasteiger partial charge in [-0.3, -0.25) is 4.79 Å². The van der Waals surface area contributed by atoms with Gasteiger partial charge in [0.05, 0.1) is 23.4 Å². The van der Waals surface area contributed by atoms with Gasteiger partial charge in [-0.2, -0.15) is 10.4 Å². The van der Waals surface area contributed by atoms with E-state index in [9.17, 15) is 10.1 Å². The summed E-state index contributed by atoms with van der Waals surface area (Å²) >= 11 is 2.95. The van der Waals surface area contributed by atoms with E-state index in [4.69, 9.17) is 0 Å². The summed E-state index contributed by atoms with van der Waals surface area (Å²) in [7, 11) is 0. The van der Waals surface area contributed by atoms with E-state index in [0.29, 0.717) is 23.3 Å². The lowest BCUT2D eigenvalue weighted by Gasteiger charge is -2.10. The first kappa shape index (κ1) is 23.4. The SMILES string of the molecule is C=CCn1c(CSc2ccccc2)nnc1SCC(=O)Nc1c(C#N)cnn1-c1ccccc1. The van der Waals surface area contributed by atoms with Crippen LogP contribution >= 0.6 is 23.5 Å². The first-order valence-electron chi connectivity index (χ1n) is 10.4. The lowest BCUT2D eigenvalue weighted by molar-refractivity contribution is -0.113. The highest BCUT2D eigenvalue weighted by molar-refractivity contribution is 7.99. The molecule has 2 aromatic heterocycles.